The van der Waals surface area contributed by atoms with Crippen LogP contribution in [0.1, 0.15) is 38.2 Å². The van der Waals surface area contributed by atoms with E-state index in [-0.39, 0.29) is 27.3 Å². The molecular weight excluding hydrogens is 596 g/mol. The van der Waals surface area contributed by atoms with Crippen molar-refractivity contribution in [3.8, 4) is 6.07 Å². The molecule has 1 aromatic heterocycles. The molecular formula is C31H29Cl3FN7. The second-order valence-corrected chi connectivity index (χ2v) is 11.3. The van der Waals surface area contributed by atoms with Crippen molar-refractivity contribution in [2.45, 2.75) is 44.7 Å². The minimum atomic E-state index is -0.735. The Morgan fingerprint density at radius 1 is 1.21 bits per heavy atom. The minimum absolute atomic E-state index is 0.0571. The Morgan fingerprint density at radius 2 is 2.00 bits per heavy atom. The van der Waals surface area contributed by atoms with Crippen LogP contribution in [0.15, 0.2) is 78.8 Å². The van der Waals surface area contributed by atoms with Crippen LogP contribution < -0.4 is 21.6 Å². The van der Waals surface area contributed by atoms with E-state index in [4.69, 9.17) is 34.8 Å². The van der Waals surface area contributed by atoms with Crippen molar-refractivity contribution in [2.75, 3.05) is 10.6 Å². The van der Waals surface area contributed by atoms with Gasteiger partial charge >= 0.3 is 0 Å². The van der Waals surface area contributed by atoms with Crippen LogP contribution >= 0.6 is 34.8 Å². The van der Waals surface area contributed by atoms with Gasteiger partial charge in [0.2, 0.25) is 0 Å². The average molecular weight is 625 g/mol. The Kier molecular flexibility index (Phi) is 9.24. The van der Waals surface area contributed by atoms with Crippen LogP contribution in [0.25, 0.3) is 10.9 Å². The fourth-order valence-electron chi connectivity index (χ4n) is 5.11. The van der Waals surface area contributed by atoms with Crippen molar-refractivity contribution >= 4 is 62.8 Å². The smallest absolute Gasteiger partial charge is 0.166 e. The maximum atomic E-state index is 15.0. The van der Waals surface area contributed by atoms with Gasteiger partial charge in [-0.1, -0.05) is 78.5 Å². The highest BCUT2D eigenvalue weighted by Crippen LogP contribution is 2.38. The molecule has 3 aromatic rings. The number of allylic oxidation sites excluding steroid dienone is 3. The van der Waals surface area contributed by atoms with Gasteiger partial charge in [-0.3, -0.25) is 9.99 Å². The molecule has 0 saturated heterocycles. The Bertz CT molecular complexity index is 1650. The van der Waals surface area contributed by atoms with Gasteiger partial charge in [0.05, 0.1) is 49.3 Å². The molecule has 0 unspecified atom stereocenters. The maximum absolute atomic E-state index is 15.0. The van der Waals surface area contributed by atoms with Crippen LogP contribution in [0.2, 0.25) is 15.1 Å². The van der Waals surface area contributed by atoms with E-state index in [2.05, 4.69) is 50.4 Å². The number of halogens is 4. The summed E-state index contributed by atoms with van der Waals surface area (Å²) in [4.78, 5) is 4.40. The third-order valence-electron chi connectivity index (χ3n) is 7.27. The first-order chi connectivity index (χ1) is 20.3. The van der Waals surface area contributed by atoms with E-state index in [1.165, 1.54) is 31.2 Å². The number of anilines is 3. The number of nitrogens with zero attached hydrogens (tertiary/aromatic N) is 3. The van der Waals surface area contributed by atoms with Gasteiger partial charge in [0.15, 0.2) is 5.82 Å². The summed E-state index contributed by atoms with van der Waals surface area (Å²) in [5, 5.41) is 19.3. The number of rotatable bonds is 9. The first-order valence-electron chi connectivity index (χ1n) is 13.5. The molecule has 1 atom stereocenters. The van der Waals surface area contributed by atoms with E-state index in [9.17, 15) is 9.65 Å². The lowest BCUT2D eigenvalue weighted by molar-refractivity contribution is 0.198. The molecule has 4 N–H and O–H groups in total. The summed E-state index contributed by atoms with van der Waals surface area (Å²) in [7, 11) is 0. The third-order valence-corrected chi connectivity index (χ3v) is 8.34. The first-order valence-corrected chi connectivity index (χ1v) is 14.6. The monoisotopic (exact) mass is 623 g/mol. The van der Waals surface area contributed by atoms with E-state index in [1.54, 1.807) is 6.07 Å². The highest BCUT2D eigenvalue weighted by Gasteiger charge is 2.28. The summed E-state index contributed by atoms with van der Waals surface area (Å²) < 4.78 is 15.0. The van der Waals surface area contributed by atoms with Crippen molar-refractivity contribution in [3.63, 3.8) is 0 Å². The first kappa shape index (κ1) is 29.7. The predicted octanol–water partition coefficient (Wildman–Crippen LogP) is 8.53. The van der Waals surface area contributed by atoms with Crippen LogP contribution in [-0.2, 0) is 0 Å². The largest absolute Gasteiger partial charge is 0.373 e. The van der Waals surface area contributed by atoms with Crippen molar-refractivity contribution in [3.05, 3.63) is 105 Å². The van der Waals surface area contributed by atoms with E-state index < -0.39 is 5.82 Å². The fraction of sp³-hybridized carbons (Fsp3) is 0.226. The van der Waals surface area contributed by atoms with Gasteiger partial charge in [0.25, 0.3) is 0 Å². The Balaban J connectivity index is 1.55. The minimum Gasteiger partial charge on any atom is -0.373 e. The molecule has 2 aromatic carbocycles. The number of pyridine rings is 1. The number of hydrogen-bond acceptors (Lipinski definition) is 7. The predicted molar refractivity (Wildman–Crippen MR) is 170 cm³/mol. The highest BCUT2D eigenvalue weighted by atomic mass is 35.5. The van der Waals surface area contributed by atoms with Gasteiger partial charge in [-0.25, -0.2) is 4.39 Å². The van der Waals surface area contributed by atoms with Gasteiger partial charge < -0.3 is 16.1 Å². The van der Waals surface area contributed by atoms with Crippen LogP contribution in [0.3, 0.4) is 0 Å². The lowest BCUT2D eigenvalue weighted by Gasteiger charge is -2.23. The second-order valence-electron chi connectivity index (χ2n) is 10.1. The zero-order chi connectivity index (χ0) is 29.8. The molecule has 1 aliphatic carbocycles. The number of hydrogen-bond donors (Lipinski definition) is 4. The average Bonchev–Trinajstić information content (AvgIpc) is 3.69. The van der Waals surface area contributed by atoms with E-state index in [0.717, 1.165) is 24.1 Å². The topological polar surface area (TPSA) is 88.0 Å². The van der Waals surface area contributed by atoms with Gasteiger partial charge in [-0.15, -0.1) is 5.53 Å². The van der Waals surface area contributed by atoms with Crippen LogP contribution in [0.5, 0.6) is 0 Å². The molecule has 1 saturated carbocycles. The molecule has 11 heteroatoms. The highest BCUT2D eigenvalue weighted by molar-refractivity contribution is 6.42. The summed E-state index contributed by atoms with van der Waals surface area (Å²) in [5.74, 6) is -0.735. The van der Waals surface area contributed by atoms with E-state index in [1.807, 2.05) is 37.3 Å². The number of nitrogens with one attached hydrogen (secondary N) is 4. The zero-order valence-electron chi connectivity index (χ0n) is 22.8. The zero-order valence-corrected chi connectivity index (χ0v) is 25.1. The lowest BCUT2D eigenvalue weighted by Crippen LogP contribution is -2.43. The summed E-state index contributed by atoms with van der Waals surface area (Å²) >= 11 is 18.7. The van der Waals surface area contributed by atoms with E-state index in [0.29, 0.717) is 33.3 Å². The molecule has 216 valence electrons. The molecule has 0 amide bonds. The Hall–Kier alpha value is -3.74. The van der Waals surface area contributed by atoms with Gasteiger partial charge in [-0.05, 0) is 49.6 Å². The molecule has 0 bridgehead atoms. The summed E-state index contributed by atoms with van der Waals surface area (Å²) in [6.07, 6.45) is 15.9. The van der Waals surface area contributed by atoms with Crippen molar-refractivity contribution in [2.24, 2.45) is 0 Å². The van der Waals surface area contributed by atoms with Gasteiger partial charge in [0.1, 0.15) is 6.07 Å². The molecule has 5 rings (SSSR count). The number of nitriles is 1. The van der Waals surface area contributed by atoms with E-state index >= 15 is 0 Å². The lowest BCUT2D eigenvalue weighted by atomic mass is 10.0. The number of fused-ring (bicyclic) bond motifs is 1. The number of benzene rings is 2. The summed E-state index contributed by atoms with van der Waals surface area (Å²) in [6.45, 7) is 6.27. The molecule has 2 heterocycles. The quantitative estimate of drug-likeness (QED) is 0.140. The number of aromatic nitrogens is 1. The normalized spacial score (nSPS) is 16.2. The molecule has 42 heavy (non-hydrogen) atoms. The molecule has 0 radical (unpaired) electrons. The Labute approximate surface area is 259 Å². The second kappa shape index (κ2) is 13.1. The van der Waals surface area contributed by atoms with Crippen LogP contribution in [0.4, 0.5) is 21.5 Å². The molecule has 1 aliphatic heterocycles. The molecule has 1 fully saturated rings. The SMILES string of the molecule is C=C(/C=C\C=C/C)[C@H](Nc1cc(Cl)c2ncc(C#N)c(Nc3ccc(Cl)c(Cl)c3F)c2c1)C1=CN(C2CCCC2)NN1. The van der Waals surface area contributed by atoms with Crippen molar-refractivity contribution < 1.29 is 4.39 Å². The maximum Gasteiger partial charge on any atom is 0.166 e. The fourth-order valence-corrected chi connectivity index (χ4v) is 5.69. The van der Waals surface area contributed by atoms with Crippen LogP contribution in [0, 0.1) is 17.1 Å². The summed E-state index contributed by atoms with van der Waals surface area (Å²) in [5.41, 5.74) is 9.95. The van der Waals surface area contributed by atoms with Gasteiger partial charge in [-0.2, -0.15) is 5.26 Å². The molecule has 7 nitrogen and oxygen atoms in total. The third kappa shape index (κ3) is 6.20. The van der Waals surface area contributed by atoms with Gasteiger partial charge in [0, 0.05) is 29.5 Å². The standard InChI is InChI=1S/C31H29Cl3FN7/c1-3-4-5-8-18(2)29(26-17-42(41-40-26)21-9-6-7-10-21)38-20-13-22-30(19(15-36)16-37-31(22)24(33)14-20)39-25-12-11-23(32)27(34)28(25)35/h3-5,8,11-14,16-17,21,29,38,40-41H,2,6-7,9-10H2,1H3,(H,37,39)/b4-3-,8-5-/t29-/m0/s1. The number of hydrazine groups is 2. The van der Waals surface area contributed by atoms with Crippen LogP contribution in [-0.4, -0.2) is 22.1 Å². The Morgan fingerprint density at radius 3 is 2.74 bits per heavy atom. The molecule has 2 aliphatic rings. The summed E-state index contributed by atoms with van der Waals surface area (Å²) in [6, 6.07) is 8.71. The molecule has 0 spiro atoms. The van der Waals surface area contributed by atoms with Crippen molar-refractivity contribution in [1.29, 1.82) is 5.26 Å². The van der Waals surface area contributed by atoms with Crippen molar-refractivity contribution in [1.82, 2.24) is 21.0 Å².